The van der Waals surface area contributed by atoms with E-state index in [1.165, 1.54) is 25.7 Å². The minimum absolute atomic E-state index is 0.524. The minimum atomic E-state index is 0.524. The number of ether oxygens (including phenoxy) is 1. The molecule has 1 fully saturated rings. The van der Waals surface area contributed by atoms with Gasteiger partial charge in [0, 0.05) is 38.7 Å². The molecular formula is C16H29N3OS. The molecule has 0 bridgehead atoms. The van der Waals surface area contributed by atoms with E-state index in [1.54, 1.807) is 18.4 Å². The summed E-state index contributed by atoms with van der Waals surface area (Å²) in [7, 11) is 3.92. The molecule has 1 N–H and O–H groups in total. The van der Waals surface area contributed by atoms with Gasteiger partial charge >= 0.3 is 0 Å². The van der Waals surface area contributed by atoms with E-state index in [9.17, 15) is 0 Å². The van der Waals surface area contributed by atoms with Crippen LogP contribution in [0.1, 0.15) is 45.2 Å². The number of methoxy groups -OCH3 is 1. The Morgan fingerprint density at radius 1 is 1.43 bits per heavy atom. The molecule has 0 saturated heterocycles. The molecule has 120 valence electrons. The number of hydrogen-bond donors (Lipinski definition) is 1. The summed E-state index contributed by atoms with van der Waals surface area (Å²) in [5.41, 5.74) is 1.66. The van der Waals surface area contributed by atoms with E-state index in [0.717, 1.165) is 30.5 Å². The van der Waals surface area contributed by atoms with Crippen LogP contribution in [0.5, 0.6) is 0 Å². The first kappa shape index (κ1) is 16.7. The number of nitrogens with zero attached hydrogens (tertiary/aromatic N) is 2. The molecule has 0 atom stereocenters. The largest absolute Gasteiger partial charge is 0.383 e. The third-order valence-electron chi connectivity index (χ3n) is 4.49. The number of anilines is 1. The maximum atomic E-state index is 5.03. The van der Waals surface area contributed by atoms with E-state index in [-0.39, 0.29) is 0 Å². The average Bonchev–Trinajstić information content (AvgIpc) is 2.92. The van der Waals surface area contributed by atoms with Crippen molar-refractivity contribution < 1.29 is 4.74 Å². The molecule has 1 heterocycles. The van der Waals surface area contributed by atoms with E-state index in [0.29, 0.717) is 11.5 Å². The molecule has 0 radical (unpaired) electrons. The molecule has 21 heavy (non-hydrogen) atoms. The third-order valence-corrected chi connectivity index (χ3v) is 5.47. The summed E-state index contributed by atoms with van der Waals surface area (Å²) in [6.45, 7) is 7.21. The van der Waals surface area contributed by atoms with Crippen LogP contribution in [0.4, 0.5) is 5.13 Å². The molecule has 0 amide bonds. The number of aromatic nitrogens is 1. The number of hydrogen-bond acceptors (Lipinski definition) is 5. The van der Waals surface area contributed by atoms with E-state index < -0.39 is 0 Å². The molecule has 0 aliphatic heterocycles. The van der Waals surface area contributed by atoms with E-state index in [2.05, 4.69) is 36.5 Å². The second-order valence-electron chi connectivity index (χ2n) is 6.80. The van der Waals surface area contributed by atoms with Crippen LogP contribution in [0, 0.1) is 5.41 Å². The number of nitrogens with one attached hydrogen (secondary N) is 1. The van der Waals surface area contributed by atoms with Crippen LogP contribution in [-0.2, 0) is 11.3 Å². The lowest BCUT2D eigenvalue weighted by molar-refractivity contribution is 0.199. The van der Waals surface area contributed by atoms with E-state index >= 15 is 0 Å². The van der Waals surface area contributed by atoms with Crippen LogP contribution in [-0.4, -0.2) is 38.3 Å². The van der Waals surface area contributed by atoms with Crippen molar-refractivity contribution in [2.75, 3.05) is 32.2 Å². The van der Waals surface area contributed by atoms with Crippen molar-refractivity contribution in [2.24, 2.45) is 5.41 Å². The maximum Gasteiger partial charge on any atom is 0.185 e. The SMILES string of the molecule is COCCNCc1csc(N(C)C2CCC(C)(C)CC2)n1. The molecular weight excluding hydrogens is 282 g/mol. The van der Waals surface area contributed by atoms with Gasteiger partial charge in [-0.2, -0.15) is 0 Å². The fraction of sp³-hybridized carbons (Fsp3) is 0.812. The summed E-state index contributed by atoms with van der Waals surface area (Å²) in [4.78, 5) is 7.15. The zero-order valence-electron chi connectivity index (χ0n) is 13.8. The Kier molecular flexibility index (Phi) is 6.02. The highest BCUT2D eigenvalue weighted by Crippen LogP contribution is 2.38. The Morgan fingerprint density at radius 3 is 2.81 bits per heavy atom. The van der Waals surface area contributed by atoms with Crippen molar-refractivity contribution in [3.63, 3.8) is 0 Å². The number of rotatable bonds is 7. The van der Waals surface area contributed by atoms with Gasteiger partial charge in [0.2, 0.25) is 0 Å². The van der Waals surface area contributed by atoms with Gasteiger partial charge in [0.25, 0.3) is 0 Å². The first-order valence-electron chi connectivity index (χ1n) is 7.89. The highest BCUT2D eigenvalue weighted by molar-refractivity contribution is 7.13. The van der Waals surface area contributed by atoms with Crippen LogP contribution in [0.3, 0.4) is 0 Å². The molecule has 0 spiro atoms. The van der Waals surface area contributed by atoms with Crippen LogP contribution in [0.15, 0.2) is 5.38 Å². The highest BCUT2D eigenvalue weighted by Gasteiger charge is 2.29. The van der Waals surface area contributed by atoms with Crippen LogP contribution >= 0.6 is 11.3 Å². The van der Waals surface area contributed by atoms with Crippen LogP contribution in [0.2, 0.25) is 0 Å². The molecule has 0 aromatic carbocycles. The van der Waals surface area contributed by atoms with E-state index in [4.69, 9.17) is 9.72 Å². The molecule has 2 rings (SSSR count). The summed E-state index contributed by atoms with van der Waals surface area (Å²) < 4.78 is 5.03. The Labute approximate surface area is 132 Å². The molecule has 4 nitrogen and oxygen atoms in total. The van der Waals surface area contributed by atoms with Gasteiger partial charge in [-0.05, 0) is 31.1 Å². The van der Waals surface area contributed by atoms with Gasteiger partial charge in [0.15, 0.2) is 5.13 Å². The maximum absolute atomic E-state index is 5.03. The normalized spacial score (nSPS) is 18.9. The molecule has 1 aliphatic carbocycles. The lowest BCUT2D eigenvalue weighted by Gasteiger charge is -2.38. The predicted molar refractivity (Wildman–Crippen MR) is 90.1 cm³/mol. The fourth-order valence-electron chi connectivity index (χ4n) is 2.86. The summed E-state index contributed by atoms with van der Waals surface area (Å²) in [5, 5.41) is 6.67. The van der Waals surface area contributed by atoms with Gasteiger partial charge in [-0.25, -0.2) is 4.98 Å². The molecule has 0 unspecified atom stereocenters. The van der Waals surface area contributed by atoms with Crippen molar-refractivity contribution in [1.82, 2.24) is 10.3 Å². The van der Waals surface area contributed by atoms with E-state index in [1.807, 2.05) is 0 Å². The van der Waals surface area contributed by atoms with Gasteiger partial charge in [-0.1, -0.05) is 13.8 Å². The van der Waals surface area contributed by atoms with Crippen molar-refractivity contribution in [1.29, 1.82) is 0 Å². The van der Waals surface area contributed by atoms with Gasteiger partial charge in [0.05, 0.1) is 12.3 Å². The minimum Gasteiger partial charge on any atom is -0.383 e. The quantitative estimate of drug-likeness (QED) is 0.784. The molecule has 1 aromatic heterocycles. The van der Waals surface area contributed by atoms with Crippen molar-refractivity contribution in [2.45, 2.75) is 52.1 Å². The lowest BCUT2D eigenvalue weighted by Crippen LogP contribution is -2.37. The number of thiazole rings is 1. The Morgan fingerprint density at radius 2 is 2.14 bits per heavy atom. The Bertz CT molecular complexity index is 423. The molecule has 1 aromatic rings. The van der Waals surface area contributed by atoms with Crippen molar-refractivity contribution in [3.05, 3.63) is 11.1 Å². The summed E-state index contributed by atoms with van der Waals surface area (Å²) in [6.07, 6.45) is 5.20. The zero-order valence-corrected chi connectivity index (χ0v) is 14.6. The molecule has 1 saturated carbocycles. The first-order valence-corrected chi connectivity index (χ1v) is 8.77. The smallest absolute Gasteiger partial charge is 0.185 e. The first-order chi connectivity index (χ1) is 10.0. The second kappa shape index (κ2) is 7.56. The Balaban J connectivity index is 1.83. The van der Waals surface area contributed by atoms with Crippen molar-refractivity contribution >= 4 is 16.5 Å². The topological polar surface area (TPSA) is 37.4 Å². The Hall–Kier alpha value is -0.650. The molecule has 5 heteroatoms. The average molecular weight is 311 g/mol. The van der Waals surface area contributed by atoms with Gasteiger partial charge in [-0.15, -0.1) is 11.3 Å². The predicted octanol–water partition coefficient (Wildman–Crippen LogP) is 3.28. The third kappa shape index (κ3) is 4.94. The van der Waals surface area contributed by atoms with Crippen LogP contribution in [0.25, 0.3) is 0 Å². The molecule has 1 aliphatic rings. The van der Waals surface area contributed by atoms with Gasteiger partial charge in [-0.3, -0.25) is 0 Å². The van der Waals surface area contributed by atoms with Gasteiger partial charge < -0.3 is 15.0 Å². The van der Waals surface area contributed by atoms with Gasteiger partial charge in [0.1, 0.15) is 0 Å². The van der Waals surface area contributed by atoms with Crippen molar-refractivity contribution in [3.8, 4) is 0 Å². The fourth-order valence-corrected chi connectivity index (χ4v) is 3.72. The second-order valence-corrected chi connectivity index (χ2v) is 7.63. The monoisotopic (exact) mass is 311 g/mol. The lowest BCUT2D eigenvalue weighted by atomic mass is 9.75. The summed E-state index contributed by atoms with van der Waals surface area (Å²) in [5.74, 6) is 0. The summed E-state index contributed by atoms with van der Waals surface area (Å²) in [6, 6.07) is 0.651. The summed E-state index contributed by atoms with van der Waals surface area (Å²) >= 11 is 1.76. The highest BCUT2D eigenvalue weighted by atomic mass is 32.1. The van der Waals surface area contributed by atoms with Crippen LogP contribution < -0.4 is 10.2 Å². The standard InChI is InChI=1S/C16H29N3OS/c1-16(2)7-5-14(6-8-16)19(3)15-18-13(12-21-15)11-17-9-10-20-4/h12,14,17H,5-11H2,1-4H3. The zero-order chi connectivity index (χ0) is 15.3.